The van der Waals surface area contributed by atoms with Gasteiger partial charge in [0.05, 0.1) is 18.2 Å². The highest BCUT2D eigenvalue weighted by Gasteiger charge is 2.69. The van der Waals surface area contributed by atoms with Crippen LogP contribution in [0.2, 0.25) is 0 Å². The third-order valence-corrected chi connectivity index (χ3v) is 3.73. The first kappa shape index (κ1) is 7.74. The van der Waals surface area contributed by atoms with Crippen LogP contribution in [-0.4, -0.2) is 29.2 Å². The molecule has 66 valence electrons. The highest BCUT2D eigenvalue weighted by atomic mass is 35.5. The molecule has 2 saturated heterocycles. The van der Waals surface area contributed by atoms with Gasteiger partial charge in [0, 0.05) is 0 Å². The van der Waals surface area contributed by atoms with E-state index in [1.54, 1.807) is 0 Å². The average Bonchev–Trinajstić information content (AvgIpc) is 2.88. The molecule has 0 amide bonds. The minimum Gasteiger partial charge on any atom is -0.367 e. The van der Waals surface area contributed by atoms with Gasteiger partial charge in [0.25, 0.3) is 0 Å². The van der Waals surface area contributed by atoms with E-state index in [4.69, 9.17) is 39.5 Å². The highest BCUT2D eigenvalue weighted by Crippen LogP contribution is 2.56. The molecule has 2 heterocycles. The van der Waals surface area contributed by atoms with Crippen molar-refractivity contribution in [1.82, 2.24) is 4.90 Å². The second-order valence-corrected chi connectivity index (χ2v) is 4.70. The van der Waals surface area contributed by atoms with Gasteiger partial charge in [-0.05, 0) is 6.42 Å². The minimum atomic E-state index is 0.156. The number of hydrogen-bond acceptors (Lipinski definition) is 2. The minimum absolute atomic E-state index is 0.156. The lowest BCUT2D eigenvalue weighted by atomic mass is 10.3. The molecule has 1 aliphatic carbocycles. The molecule has 2 aliphatic heterocycles. The molecule has 3 rings (SSSR count). The van der Waals surface area contributed by atoms with Gasteiger partial charge >= 0.3 is 0 Å². The van der Waals surface area contributed by atoms with Gasteiger partial charge in [-0.15, -0.1) is 0 Å². The number of fused-ring (bicyclic) bond motifs is 3. The van der Waals surface area contributed by atoms with Gasteiger partial charge in [0.15, 0.2) is 0 Å². The van der Waals surface area contributed by atoms with Crippen LogP contribution in [0, 0.1) is 0 Å². The number of hydrogen-bond donors (Lipinski definition) is 0. The van der Waals surface area contributed by atoms with Crippen molar-refractivity contribution in [3.05, 3.63) is 9.65 Å². The van der Waals surface area contributed by atoms with Crippen molar-refractivity contribution in [3.8, 4) is 0 Å². The molecular formula is C7H6Cl3NO. The number of ether oxygens (including phenoxy) is 1. The maximum atomic E-state index is 5.89. The van der Waals surface area contributed by atoms with Crippen molar-refractivity contribution in [2.45, 2.75) is 30.7 Å². The Bertz CT molecular complexity index is 276. The maximum Gasteiger partial charge on any atom is 0.141 e. The Balaban J connectivity index is 1.79. The molecule has 4 atom stereocenters. The second-order valence-electron chi connectivity index (χ2n) is 3.39. The molecule has 12 heavy (non-hydrogen) atoms. The molecular weight excluding hydrogens is 220 g/mol. The van der Waals surface area contributed by atoms with Crippen LogP contribution in [0.15, 0.2) is 9.65 Å². The van der Waals surface area contributed by atoms with E-state index < -0.39 is 0 Å². The third kappa shape index (κ3) is 0.869. The number of halogens is 3. The Morgan fingerprint density at radius 1 is 1.33 bits per heavy atom. The summed E-state index contributed by atoms with van der Waals surface area (Å²) in [5.74, 6) is 0. The lowest BCUT2D eigenvalue weighted by Gasteiger charge is -2.04. The SMILES string of the molecule is ClC(Cl)=C(Cl)N1[C@@H]2[C@@H]3O[C@@H]3C[C@@H]21. The first-order valence-corrected chi connectivity index (χ1v) is 4.98. The molecule has 0 radical (unpaired) electrons. The molecule has 0 aromatic rings. The Kier molecular flexibility index (Phi) is 1.44. The van der Waals surface area contributed by atoms with Crippen LogP contribution in [0.3, 0.4) is 0 Å². The van der Waals surface area contributed by atoms with Gasteiger partial charge in [-0.25, -0.2) is 0 Å². The van der Waals surface area contributed by atoms with Crippen molar-refractivity contribution >= 4 is 34.8 Å². The summed E-state index contributed by atoms with van der Waals surface area (Å²) in [5, 5.41) is 0.474. The van der Waals surface area contributed by atoms with E-state index in [0.717, 1.165) is 6.42 Å². The number of nitrogens with zero attached hydrogens (tertiary/aromatic N) is 1. The molecule has 0 spiro atoms. The van der Waals surface area contributed by atoms with E-state index in [9.17, 15) is 0 Å². The summed E-state index contributed by atoms with van der Waals surface area (Å²) >= 11 is 17.0. The van der Waals surface area contributed by atoms with Gasteiger partial charge in [0.1, 0.15) is 15.8 Å². The van der Waals surface area contributed by atoms with E-state index in [1.807, 2.05) is 4.90 Å². The van der Waals surface area contributed by atoms with Crippen LogP contribution in [0.5, 0.6) is 0 Å². The van der Waals surface area contributed by atoms with Gasteiger partial charge < -0.3 is 9.64 Å². The smallest absolute Gasteiger partial charge is 0.141 e. The van der Waals surface area contributed by atoms with E-state index in [2.05, 4.69) is 0 Å². The zero-order valence-electron chi connectivity index (χ0n) is 6.01. The van der Waals surface area contributed by atoms with Gasteiger partial charge in [-0.3, -0.25) is 0 Å². The third-order valence-electron chi connectivity index (χ3n) is 2.80. The van der Waals surface area contributed by atoms with Gasteiger partial charge in [-0.1, -0.05) is 34.8 Å². The fraction of sp³-hybridized carbons (Fsp3) is 0.714. The van der Waals surface area contributed by atoms with Crippen molar-refractivity contribution in [1.29, 1.82) is 0 Å². The quantitative estimate of drug-likeness (QED) is 0.502. The number of epoxide rings is 1. The molecule has 0 aromatic heterocycles. The van der Waals surface area contributed by atoms with E-state index >= 15 is 0 Å². The largest absolute Gasteiger partial charge is 0.367 e. The Hall–Kier alpha value is 0.370. The van der Waals surface area contributed by atoms with Crippen LogP contribution in [-0.2, 0) is 4.74 Å². The Morgan fingerprint density at radius 2 is 2.08 bits per heavy atom. The van der Waals surface area contributed by atoms with Crippen LogP contribution < -0.4 is 0 Å². The maximum absolute atomic E-state index is 5.89. The van der Waals surface area contributed by atoms with Crippen molar-refractivity contribution in [2.24, 2.45) is 0 Å². The first-order chi connectivity index (χ1) is 5.70. The normalized spacial score (nSPS) is 46.8. The van der Waals surface area contributed by atoms with Crippen molar-refractivity contribution in [3.63, 3.8) is 0 Å². The molecule has 0 N–H and O–H groups in total. The van der Waals surface area contributed by atoms with Crippen LogP contribution in [0.25, 0.3) is 0 Å². The van der Waals surface area contributed by atoms with E-state index in [-0.39, 0.29) is 4.49 Å². The predicted molar refractivity (Wildman–Crippen MR) is 47.3 cm³/mol. The zero-order chi connectivity index (χ0) is 8.46. The molecule has 0 aromatic carbocycles. The van der Waals surface area contributed by atoms with Crippen LogP contribution >= 0.6 is 34.8 Å². The highest BCUT2D eigenvalue weighted by molar-refractivity contribution is 6.59. The number of likely N-dealkylation sites (tertiary alicyclic amines) is 1. The molecule has 3 fully saturated rings. The van der Waals surface area contributed by atoms with Gasteiger partial charge in [-0.2, -0.15) is 0 Å². The van der Waals surface area contributed by atoms with E-state index in [1.165, 1.54) is 0 Å². The summed E-state index contributed by atoms with van der Waals surface area (Å²) in [6.07, 6.45) is 1.97. The second kappa shape index (κ2) is 2.24. The summed E-state index contributed by atoms with van der Waals surface area (Å²) in [7, 11) is 0. The molecule has 3 aliphatic rings. The Morgan fingerprint density at radius 3 is 2.58 bits per heavy atom. The Labute approximate surface area is 85.0 Å². The lowest BCUT2D eigenvalue weighted by Crippen LogP contribution is -2.08. The summed E-state index contributed by atoms with van der Waals surface area (Å²) in [4.78, 5) is 2.03. The summed E-state index contributed by atoms with van der Waals surface area (Å²) in [6.45, 7) is 0. The summed E-state index contributed by atoms with van der Waals surface area (Å²) in [5.41, 5.74) is 0. The fourth-order valence-electron chi connectivity index (χ4n) is 2.19. The summed E-state index contributed by atoms with van der Waals surface area (Å²) < 4.78 is 5.51. The van der Waals surface area contributed by atoms with Crippen molar-refractivity contribution in [2.75, 3.05) is 0 Å². The standard InChI is InChI=1S/C7H6Cl3NO/c8-6(9)7(10)11-2-1-3-5(12-3)4(2)11/h2-5H,1H2/t2-,3+,4-,5+,11?/m0/s1. The van der Waals surface area contributed by atoms with Crippen LogP contribution in [0.1, 0.15) is 6.42 Å². The predicted octanol–water partition coefficient (Wildman–Crippen LogP) is 2.05. The number of rotatable bonds is 1. The summed E-state index contributed by atoms with van der Waals surface area (Å²) in [6, 6.07) is 0.990. The van der Waals surface area contributed by atoms with E-state index in [0.29, 0.717) is 29.4 Å². The molecule has 5 heteroatoms. The molecule has 1 saturated carbocycles. The molecule has 0 bridgehead atoms. The van der Waals surface area contributed by atoms with Crippen molar-refractivity contribution < 1.29 is 4.74 Å². The lowest BCUT2D eigenvalue weighted by molar-refractivity contribution is 0.341. The van der Waals surface area contributed by atoms with Crippen LogP contribution in [0.4, 0.5) is 0 Å². The average molecular weight is 226 g/mol. The number of piperidine rings is 1. The zero-order valence-corrected chi connectivity index (χ0v) is 8.27. The fourth-order valence-corrected chi connectivity index (χ4v) is 2.62. The van der Waals surface area contributed by atoms with Gasteiger partial charge in [0.2, 0.25) is 0 Å². The molecule has 2 nitrogen and oxygen atoms in total. The molecule has 0 unspecified atom stereocenters. The first-order valence-electron chi connectivity index (χ1n) is 3.84. The monoisotopic (exact) mass is 225 g/mol. The topological polar surface area (TPSA) is 15.5 Å².